The second kappa shape index (κ2) is 6.75. The van der Waals surface area contributed by atoms with E-state index in [1.54, 1.807) is 0 Å². The van der Waals surface area contributed by atoms with Gasteiger partial charge < -0.3 is 14.7 Å². The maximum atomic E-state index is 12.0. The highest BCUT2D eigenvalue weighted by Gasteiger charge is 2.21. The molecule has 1 heterocycles. The maximum Gasteiger partial charge on any atom is 0.409 e. The van der Waals surface area contributed by atoms with Crippen molar-refractivity contribution in [2.75, 3.05) is 26.2 Å². The lowest BCUT2D eigenvalue weighted by atomic mass is 10.2. The van der Waals surface area contributed by atoms with Crippen LogP contribution in [0.3, 0.4) is 0 Å². The second-order valence-electron chi connectivity index (χ2n) is 4.68. The number of hydrogen-bond donors (Lipinski definition) is 2. The van der Waals surface area contributed by atoms with E-state index in [0.29, 0.717) is 26.1 Å². The molecular weight excluding hydrogens is 312 g/mol. The Labute approximate surface area is 127 Å². The lowest BCUT2D eigenvalue weighted by molar-refractivity contribution is 0.0696. The van der Waals surface area contributed by atoms with Gasteiger partial charge in [-0.25, -0.2) is 22.7 Å². The summed E-state index contributed by atoms with van der Waals surface area (Å²) < 4.78 is 31.2. The number of nitrogens with zero attached hydrogens (tertiary/aromatic N) is 1. The molecule has 1 aromatic rings. The summed E-state index contributed by atoms with van der Waals surface area (Å²) in [6.07, 6.45) is 0.0776. The van der Waals surface area contributed by atoms with Gasteiger partial charge in [-0.05, 0) is 30.7 Å². The highest BCUT2D eigenvalue weighted by molar-refractivity contribution is 7.89. The smallest absolute Gasteiger partial charge is 0.409 e. The molecule has 0 spiro atoms. The number of carbonyl (C=O) groups is 2. The second-order valence-corrected chi connectivity index (χ2v) is 6.45. The number of rotatable bonds is 7. The standard InChI is InChI=1S/C13H16N2O6S/c16-12(17)10-2-4-11(5-3-10)22(19,20)14-6-1-7-15-8-9-21-13(15)18/h2-5,14H,1,6-9H2,(H,16,17). The van der Waals surface area contributed by atoms with E-state index in [9.17, 15) is 18.0 Å². The van der Waals surface area contributed by atoms with Crippen LogP contribution in [-0.2, 0) is 14.8 Å². The molecule has 0 unspecified atom stereocenters. The Hall–Kier alpha value is -2.13. The molecular formula is C13H16N2O6S. The zero-order valence-corrected chi connectivity index (χ0v) is 12.5. The van der Waals surface area contributed by atoms with E-state index < -0.39 is 16.0 Å². The quantitative estimate of drug-likeness (QED) is 0.705. The van der Waals surface area contributed by atoms with Crippen LogP contribution in [0.25, 0.3) is 0 Å². The fourth-order valence-electron chi connectivity index (χ4n) is 1.97. The highest BCUT2D eigenvalue weighted by atomic mass is 32.2. The van der Waals surface area contributed by atoms with Crippen molar-refractivity contribution >= 4 is 22.1 Å². The van der Waals surface area contributed by atoms with Gasteiger partial charge in [-0.2, -0.15) is 0 Å². The molecule has 0 aliphatic carbocycles. The maximum absolute atomic E-state index is 12.0. The Morgan fingerprint density at radius 1 is 1.32 bits per heavy atom. The summed E-state index contributed by atoms with van der Waals surface area (Å²) in [4.78, 5) is 23.4. The van der Waals surface area contributed by atoms with Crippen LogP contribution in [0.5, 0.6) is 0 Å². The summed E-state index contributed by atoms with van der Waals surface area (Å²) in [5.41, 5.74) is 0.0199. The zero-order chi connectivity index (χ0) is 16.2. The summed E-state index contributed by atoms with van der Waals surface area (Å²) >= 11 is 0. The van der Waals surface area contributed by atoms with Crippen LogP contribution < -0.4 is 4.72 Å². The summed E-state index contributed by atoms with van der Waals surface area (Å²) in [5.74, 6) is -1.12. The third-order valence-electron chi connectivity index (χ3n) is 3.15. The van der Waals surface area contributed by atoms with Crippen LogP contribution in [-0.4, -0.2) is 56.7 Å². The molecule has 120 valence electrons. The van der Waals surface area contributed by atoms with Gasteiger partial charge in [0.1, 0.15) is 6.61 Å². The van der Waals surface area contributed by atoms with Crippen molar-refractivity contribution in [3.05, 3.63) is 29.8 Å². The molecule has 1 aliphatic heterocycles. The third kappa shape index (κ3) is 3.95. The van der Waals surface area contributed by atoms with Crippen molar-refractivity contribution in [1.29, 1.82) is 0 Å². The lowest BCUT2D eigenvalue weighted by Crippen LogP contribution is -2.30. The predicted molar refractivity (Wildman–Crippen MR) is 76.1 cm³/mol. The molecule has 1 amide bonds. The van der Waals surface area contributed by atoms with Crippen LogP contribution in [0.2, 0.25) is 0 Å². The van der Waals surface area contributed by atoms with Gasteiger partial charge in [0.05, 0.1) is 17.0 Å². The van der Waals surface area contributed by atoms with Gasteiger partial charge in [-0.1, -0.05) is 0 Å². The number of cyclic esters (lactones) is 1. The monoisotopic (exact) mass is 328 g/mol. The molecule has 1 saturated heterocycles. The molecule has 2 N–H and O–H groups in total. The number of carboxylic acid groups (broad SMARTS) is 1. The number of nitrogens with one attached hydrogen (secondary N) is 1. The molecule has 0 atom stereocenters. The average molecular weight is 328 g/mol. The first-order valence-electron chi connectivity index (χ1n) is 6.65. The number of sulfonamides is 1. The topological polar surface area (TPSA) is 113 Å². The Morgan fingerprint density at radius 3 is 2.55 bits per heavy atom. The summed E-state index contributed by atoms with van der Waals surface area (Å²) in [7, 11) is -3.69. The van der Waals surface area contributed by atoms with E-state index in [1.807, 2.05) is 0 Å². The SMILES string of the molecule is O=C(O)c1ccc(S(=O)(=O)NCCCN2CCOC2=O)cc1. The number of benzene rings is 1. The minimum atomic E-state index is -3.69. The van der Waals surface area contributed by atoms with E-state index in [1.165, 1.54) is 29.2 Å². The number of aromatic carboxylic acids is 1. The normalized spacial score (nSPS) is 14.9. The van der Waals surface area contributed by atoms with Gasteiger partial charge in [0.25, 0.3) is 0 Å². The minimum Gasteiger partial charge on any atom is -0.478 e. The fourth-order valence-corrected chi connectivity index (χ4v) is 3.04. The predicted octanol–water partition coefficient (Wildman–Crippen LogP) is 0.505. The van der Waals surface area contributed by atoms with Crippen molar-refractivity contribution in [1.82, 2.24) is 9.62 Å². The van der Waals surface area contributed by atoms with Crippen molar-refractivity contribution < 1.29 is 27.9 Å². The molecule has 1 aromatic carbocycles. The van der Waals surface area contributed by atoms with Gasteiger partial charge in [0, 0.05) is 13.1 Å². The summed E-state index contributed by atoms with van der Waals surface area (Å²) in [6, 6.07) is 4.95. The number of ether oxygens (including phenoxy) is 1. The fraction of sp³-hybridized carbons (Fsp3) is 0.385. The van der Waals surface area contributed by atoms with Crippen LogP contribution in [0.4, 0.5) is 4.79 Å². The van der Waals surface area contributed by atoms with Gasteiger partial charge in [0.15, 0.2) is 0 Å². The molecule has 1 fully saturated rings. The van der Waals surface area contributed by atoms with Crippen LogP contribution in [0.1, 0.15) is 16.8 Å². The Morgan fingerprint density at radius 2 is 2.00 bits per heavy atom. The number of carboxylic acids is 1. The van der Waals surface area contributed by atoms with Crippen molar-refractivity contribution in [3.63, 3.8) is 0 Å². The molecule has 9 heteroatoms. The van der Waals surface area contributed by atoms with E-state index in [2.05, 4.69) is 4.72 Å². The Kier molecular flexibility index (Phi) is 4.99. The third-order valence-corrected chi connectivity index (χ3v) is 4.63. The average Bonchev–Trinajstić information content (AvgIpc) is 2.89. The summed E-state index contributed by atoms with van der Waals surface area (Å²) in [5, 5.41) is 8.77. The number of hydrogen-bond acceptors (Lipinski definition) is 5. The molecule has 8 nitrogen and oxygen atoms in total. The molecule has 22 heavy (non-hydrogen) atoms. The van der Waals surface area contributed by atoms with E-state index in [4.69, 9.17) is 9.84 Å². The van der Waals surface area contributed by atoms with Crippen molar-refractivity contribution in [3.8, 4) is 0 Å². The highest BCUT2D eigenvalue weighted by Crippen LogP contribution is 2.11. The Balaban J connectivity index is 1.85. The van der Waals surface area contributed by atoms with Gasteiger partial charge >= 0.3 is 12.1 Å². The van der Waals surface area contributed by atoms with Crippen LogP contribution >= 0.6 is 0 Å². The molecule has 0 radical (unpaired) electrons. The molecule has 0 bridgehead atoms. The number of amides is 1. The molecule has 2 rings (SSSR count). The van der Waals surface area contributed by atoms with E-state index >= 15 is 0 Å². The molecule has 0 saturated carbocycles. The molecule has 1 aliphatic rings. The van der Waals surface area contributed by atoms with E-state index in [-0.39, 0.29) is 23.1 Å². The van der Waals surface area contributed by atoms with Gasteiger partial charge in [-0.3, -0.25) is 0 Å². The zero-order valence-electron chi connectivity index (χ0n) is 11.7. The van der Waals surface area contributed by atoms with Gasteiger partial charge in [-0.15, -0.1) is 0 Å². The Bertz CT molecular complexity index is 656. The van der Waals surface area contributed by atoms with Crippen molar-refractivity contribution in [2.45, 2.75) is 11.3 Å². The molecule has 0 aromatic heterocycles. The van der Waals surface area contributed by atoms with Gasteiger partial charge in [0.2, 0.25) is 10.0 Å². The van der Waals surface area contributed by atoms with E-state index in [0.717, 1.165) is 0 Å². The lowest BCUT2D eigenvalue weighted by Gasteiger charge is -2.12. The summed E-state index contributed by atoms with van der Waals surface area (Å²) in [6.45, 7) is 1.47. The first-order chi connectivity index (χ1) is 10.4. The number of carbonyl (C=O) groups excluding carboxylic acids is 1. The van der Waals surface area contributed by atoms with Crippen molar-refractivity contribution in [2.24, 2.45) is 0 Å². The minimum absolute atomic E-state index is 0.00178. The van der Waals surface area contributed by atoms with Crippen LogP contribution in [0, 0.1) is 0 Å². The first kappa shape index (κ1) is 16.2. The largest absolute Gasteiger partial charge is 0.478 e. The first-order valence-corrected chi connectivity index (χ1v) is 8.13. The van der Waals surface area contributed by atoms with Crippen LogP contribution in [0.15, 0.2) is 29.2 Å².